The number of phenols is 1. The third-order valence-corrected chi connectivity index (χ3v) is 6.59. The largest absolute Gasteiger partial charge is 0.506 e. The van der Waals surface area contributed by atoms with E-state index in [1.54, 1.807) is 6.07 Å². The molecule has 0 aliphatic rings. The highest BCUT2D eigenvalue weighted by Gasteiger charge is 2.17. The van der Waals surface area contributed by atoms with Gasteiger partial charge in [0.2, 0.25) is 0 Å². The molecule has 0 spiro atoms. The van der Waals surface area contributed by atoms with Gasteiger partial charge >= 0.3 is 5.97 Å². The van der Waals surface area contributed by atoms with Gasteiger partial charge in [-0.05, 0) is 127 Å². The van der Waals surface area contributed by atoms with Crippen LogP contribution in [0.3, 0.4) is 0 Å². The maximum atomic E-state index is 10.9. The van der Waals surface area contributed by atoms with Crippen molar-refractivity contribution in [3.63, 3.8) is 0 Å². The zero-order chi connectivity index (χ0) is 18.0. The first-order chi connectivity index (χ1) is 11.2. The summed E-state index contributed by atoms with van der Waals surface area (Å²) in [6.07, 6.45) is 0.253. The number of aromatic hydroxyl groups is 1. The number of carboxylic acid groups (broad SMARTS) is 1. The van der Waals surface area contributed by atoms with Crippen LogP contribution in [-0.2, 0) is 11.2 Å². The van der Waals surface area contributed by atoms with Gasteiger partial charge in [0.25, 0.3) is 0 Å². The topological polar surface area (TPSA) is 92.8 Å². The van der Waals surface area contributed by atoms with E-state index in [1.165, 1.54) is 0 Å². The first-order valence-electron chi connectivity index (χ1n) is 6.51. The molecule has 0 saturated heterocycles. The second kappa shape index (κ2) is 8.85. The molecule has 0 fully saturated rings. The van der Waals surface area contributed by atoms with Crippen LogP contribution in [-0.4, -0.2) is 22.2 Å². The quantitative estimate of drug-likeness (QED) is 0.388. The summed E-state index contributed by atoms with van der Waals surface area (Å²) in [5.41, 5.74) is 6.43. The lowest BCUT2D eigenvalue weighted by Gasteiger charge is -2.15. The number of phenolic OH excluding ortho intramolecular Hbond substituents is 1. The van der Waals surface area contributed by atoms with Crippen molar-refractivity contribution < 1.29 is 19.7 Å². The van der Waals surface area contributed by atoms with Gasteiger partial charge in [0.1, 0.15) is 17.5 Å². The third-order valence-electron chi connectivity index (χ3n) is 3.07. The minimum Gasteiger partial charge on any atom is -0.506 e. The normalized spacial score (nSPS) is 12.0. The molecule has 0 aliphatic heterocycles. The number of ether oxygens (including phenoxy) is 1. The average molecular weight is 776 g/mol. The molecule has 1 unspecified atom stereocenters. The minimum atomic E-state index is -1.02. The number of carboxylic acids is 1. The summed E-state index contributed by atoms with van der Waals surface area (Å²) in [5, 5.41) is 19.0. The van der Waals surface area contributed by atoms with Crippen molar-refractivity contribution in [1.29, 1.82) is 0 Å². The summed E-state index contributed by atoms with van der Waals surface area (Å²) >= 11 is 8.39. The zero-order valence-electron chi connectivity index (χ0n) is 11.9. The van der Waals surface area contributed by atoms with E-state index in [0.29, 0.717) is 15.1 Å². The van der Waals surface area contributed by atoms with Crippen LogP contribution in [0, 0.1) is 14.3 Å². The number of hydrogen-bond acceptors (Lipinski definition) is 4. The van der Waals surface area contributed by atoms with Gasteiger partial charge in [-0.15, -0.1) is 0 Å². The molecular weight excluding hydrogens is 765 g/mol. The smallest absolute Gasteiger partial charge is 0.320 e. The molecule has 0 radical (unpaired) electrons. The van der Waals surface area contributed by atoms with E-state index in [2.05, 4.69) is 67.8 Å². The Morgan fingerprint density at radius 3 is 2.25 bits per heavy atom. The fourth-order valence-corrected chi connectivity index (χ4v) is 5.54. The monoisotopic (exact) mass is 776 g/mol. The van der Waals surface area contributed by atoms with E-state index in [-0.39, 0.29) is 12.2 Å². The number of nitrogens with two attached hydrogens (primary N) is 1. The van der Waals surface area contributed by atoms with Gasteiger partial charge in [0, 0.05) is 0 Å². The van der Waals surface area contributed by atoms with Crippen molar-refractivity contribution in [1.82, 2.24) is 0 Å². The standard InChI is InChI=1S/C15H11I4NO4/c16-7-1-2-11(12(19)13(7)21)24-14-8(17)3-6(4-9(14)18)5-10(20)15(22)23/h1-4,10,21H,5,20H2,(H,22,23)/i15-1. The zero-order valence-corrected chi connectivity index (χ0v) is 20.5. The van der Waals surface area contributed by atoms with Gasteiger partial charge in [-0.1, -0.05) is 0 Å². The molecule has 24 heavy (non-hydrogen) atoms. The Morgan fingerprint density at radius 1 is 1.12 bits per heavy atom. The van der Waals surface area contributed by atoms with Crippen molar-refractivity contribution >= 4 is 96.3 Å². The third kappa shape index (κ3) is 4.97. The summed E-state index contributed by atoms with van der Waals surface area (Å²) in [7, 11) is 0. The Labute approximate surface area is 193 Å². The van der Waals surface area contributed by atoms with Crippen LogP contribution < -0.4 is 10.5 Å². The van der Waals surface area contributed by atoms with E-state index in [9.17, 15) is 9.90 Å². The van der Waals surface area contributed by atoms with E-state index < -0.39 is 12.0 Å². The van der Waals surface area contributed by atoms with E-state index in [1.807, 2.05) is 40.8 Å². The summed E-state index contributed by atoms with van der Waals surface area (Å²) < 4.78 is 9.07. The molecule has 2 aromatic rings. The fraction of sp³-hybridized carbons (Fsp3) is 0.133. The van der Waals surface area contributed by atoms with Crippen LogP contribution >= 0.6 is 90.4 Å². The number of halogens is 4. The Bertz CT molecular complexity index is 774. The molecule has 2 rings (SSSR count). The van der Waals surface area contributed by atoms with E-state index in [4.69, 9.17) is 15.6 Å². The molecule has 0 aliphatic carbocycles. The number of rotatable bonds is 5. The molecule has 0 saturated carbocycles. The predicted octanol–water partition coefficient (Wildman–Crippen LogP) is 4.56. The van der Waals surface area contributed by atoms with Crippen molar-refractivity contribution in [3.05, 3.63) is 44.1 Å². The minimum absolute atomic E-state index is 0.197. The fourth-order valence-electron chi connectivity index (χ4n) is 1.88. The molecule has 0 bridgehead atoms. The summed E-state index contributed by atoms with van der Waals surface area (Å²) in [4.78, 5) is 10.9. The molecule has 1 atom stereocenters. The summed E-state index contributed by atoms with van der Waals surface area (Å²) in [6, 6.07) is 6.38. The number of benzene rings is 2. The van der Waals surface area contributed by atoms with Crippen LogP contribution in [0.4, 0.5) is 0 Å². The summed E-state index contributed by atoms with van der Waals surface area (Å²) in [5.74, 6) is 0.411. The maximum Gasteiger partial charge on any atom is 0.320 e. The molecule has 5 nitrogen and oxygen atoms in total. The number of hydrogen-bond donors (Lipinski definition) is 3. The van der Waals surface area contributed by atoms with E-state index in [0.717, 1.165) is 16.3 Å². The van der Waals surface area contributed by atoms with Gasteiger partial charge in [-0.25, -0.2) is 0 Å². The SMILES string of the molecule is NC(Cc1cc(I)c(Oc2ccc(I)c(O)c2I)c(I)c1)[11C](=O)O. The molecule has 128 valence electrons. The average Bonchev–Trinajstić information content (AvgIpc) is 2.50. The van der Waals surface area contributed by atoms with Crippen molar-refractivity contribution in [3.8, 4) is 17.2 Å². The Morgan fingerprint density at radius 2 is 1.71 bits per heavy atom. The lowest BCUT2D eigenvalue weighted by atomic mass is 9.89. The van der Waals surface area contributed by atoms with Gasteiger partial charge < -0.3 is 20.7 Å². The van der Waals surface area contributed by atoms with Crippen molar-refractivity contribution in [2.24, 2.45) is 5.73 Å². The first kappa shape index (κ1) is 20.7. The molecule has 0 aromatic heterocycles. The maximum absolute atomic E-state index is 10.9. The van der Waals surface area contributed by atoms with Crippen molar-refractivity contribution in [2.45, 2.75) is 12.5 Å². The second-order valence-electron chi connectivity index (χ2n) is 4.85. The Balaban J connectivity index is 2.32. The van der Waals surface area contributed by atoms with Gasteiger partial charge in [0.15, 0.2) is 5.75 Å². The van der Waals surface area contributed by atoms with Crippen LogP contribution in [0.5, 0.6) is 17.2 Å². The lowest BCUT2D eigenvalue weighted by Crippen LogP contribution is -2.32. The number of aliphatic carboxylic acids is 1. The number of carbonyl (C=O) groups is 1. The highest BCUT2D eigenvalue weighted by atomic mass is 127. The molecule has 0 heterocycles. The molecule has 0 amide bonds. The lowest BCUT2D eigenvalue weighted by molar-refractivity contribution is -0.138. The van der Waals surface area contributed by atoms with Crippen LogP contribution in [0.1, 0.15) is 5.56 Å². The first-order valence-corrected chi connectivity index (χ1v) is 10.8. The predicted molar refractivity (Wildman–Crippen MR) is 125 cm³/mol. The molecule has 4 N–H and O–H groups in total. The van der Waals surface area contributed by atoms with Gasteiger partial charge in [-0.2, -0.15) is 0 Å². The molecule has 2 aromatic carbocycles. The molecular formula is C15H11I4NO4. The highest BCUT2D eigenvalue weighted by molar-refractivity contribution is 14.1. The Hall–Kier alpha value is 0.390. The van der Waals surface area contributed by atoms with Gasteiger partial charge in [-0.3, -0.25) is 4.79 Å². The summed E-state index contributed by atoms with van der Waals surface area (Å²) in [6.45, 7) is 0. The second-order valence-corrected chi connectivity index (χ2v) is 9.41. The van der Waals surface area contributed by atoms with Crippen molar-refractivity contribution in [2.75, 3.05) is 0 Å². The van der Waals surface area contributed by atoms with E-state index >= 15 is 0 Å². The molecule has 9 heteroatoms. The highest BCUT2D eigenvalue weighted by Crippen LogP contribution is 2.39. The Kier molecular flexibility index (Phi) is 7.64. The van der Waals surface area contributed by atoms with Crippen LogP contribution in [0.2, 0.25) is 0 Å². The van der Waals surface area contributed by atoms with Gasteiger partial charge in [0.05, 0.1) is 14.3 Å². The van der Waals surface area contributed by atoms with Crippen LogP contribution in [0.15, 0.2) is 24.3 Å². The van der Waals surface area contributed by atoms with Crippen LogP contribution in [0.25, 0.3) is 0 Å².